The summed E-state index contributed by atoms with van der Waals surface area (Å²) in [6.07, 6.45) is 4.84. The Balaban J connectivity index is 1.59. The zero-order valence-electron chi connectivity index (χ0n) is 19.0. The van der Waals surface area contributed by atoms with E-state index in [0.717, 1.165) is 39.9 Å². The van der Waals surface area contributed by atoms with Gasteiger partial charge in [0.15, 0.2) is 0 Å². The van der Waals surface area contributed by atoms with Crippen molar-refractivity contribution in [2.75, 3.05) is 23.3 Å². The van der Waals surface area contributed by atoms with Crippen LogP contribution in [0.1, 0.15) is 49.1 Å². The first-order valence-corrected chi connectivity index (χ1v) is 12.4. The summed E-state index contributed by atoms with van der Waals surface area (Å²) in [5.41, 5.74) is 2.05. The van der Waals surface area contributed by atoms with Gasteiger partial charge in [-0.05, 0) is 56.5 Å². The van der Waals surface area contributed by atoms with Crippen molar-refractivity contribution in [3.63, 3.8) is 0 Å². The van der Waals surface area contributed by atoms with Gasteiger partial charge in [-0.1, -0.05) is 0 Å². The molecule has 4 rings (SSSR count). The summed E-state index contributed by atoms with van der Waals surface area (Å²) < 4.78 is 6.24. The molecule has 1 aliphatic heterocycles. The lowest BCUT2D eigenvalue weighted by Gasteiger charge is -2.36. The Kier molecular flexibility index (Phi) is 6.62. The number of H-pyrrole nitrogens is 1. The molecule has 0 unspecified atom stereocenters. The molecule has 4 heterocycles. The number of aromatic nitrogens is 3. The van der Waals surface area contributed by atoms with Gasteiger partial charge in [-0.2, -0.15) is 0 Å². The second kappa shape index (κ2) is 9.30. The highest BCUT2D eigenvalue weighted by Gasteiger charge is 2.28. The first-order valence-electron chi connectivity index (χ1n) is 10.7. The molecule has 0 aliphatic carbocycles. The van der Waals surface area contributed by atoms with Gasteiger partial charge in [0, 0.05) is 36.9 Å². The average Bonchev–Trinajstić information content (AvgIpc) is 3.33. The van der Waals surface area contributed by atoms with Crippen LogP contribution in [0.4, 0.5) is 16.2 Å². The van der Waals surface area contributed by atoms with E-state index in [1.54, 1.807) is 17.8 Å². The molecule has 33 heavy (non-hydrogen) atoms. The van der Waals surface area contributed by atoms with Crippen LogP contribution in [0.2, 0.25) is 0 Å². The fraction of sp³-hybridized carbons (Fsp3) is 0.455. The number of amides is 2. The summed E-state index contributed by atoms with van der Waals surface area (Å²) in [5.74, 6) is -0.269. The van der Waals surface area contributed by atoms with Crippen LogP contribution in [0, 0.1) is 6.92 Å². The number of alkyl carbamates (subject to hydrolysis) is 1. The highest BCUT2D eigenvalue weighted by atomic mass is 79.9. The van der Waals surface area contributed by atoms with Crippen molar-refractivity contribution in [2.45, 2.75) is 52.2 Å². The number of fused-ring (bicyclic) bond motifs is 1. The number of hydrogen-bond acceptors (Lipinski definition) is 7. The van der Waals surface area contributed by atoms with Gasteiger partial charge in [-0.25, -0.2) is 14.8 Å². The summed E-state index contributed by atoms with van der Waals surface area (Å²) in [5, 5.41) is 9.34. The van der Waals surface area contributed by atoms with Crippen LogP contribution in [0.25, 0.3) is 11.0 Å². The Labute approximate surface area is 204 Å². The second-order valence-electron chi connectivity index (χ2n) is 9.02. The van der Waals surface area contributed by atoms with Gasteiger partial charge in [-0.3, -0.25) is 4.79 Å². The van der Waals surface area contributed by atoms with Gasteiger partial charge in [-0.15, -0.1) is 11.3 Å². The van der Waals surface area contributed by atoms with Crippen LogP contribution in [0.15, 0.2) is 22.2 Å². The minimum atomic E-state index is -0.549. The summed E-state index contributed by atoms with van der Waals surface area (Å²) in [7, 11) is 0. The van der Waals surface area contributed by atoms with Crippen LogP contribution in [0.3, 0.4) is 0 Å². The van der Waals surface area contributed by atoms with Crippen molar-refractivity contribution in [2.24, 2.45) is 0 Å². The summed E-state index contributed by atoms with van der Waals surface area (Å²) in [6, 6.07) is -0.0568. The molecule has 0 aromatic carbocycles. The minimum absolute atomic E-state index is 0.0568. The van der Waals surface area contributed by atoms with Gasteiger partial charge < -0.3 is 25.3 Å². The van der Waals surface area contributed by atoms with Crippen molar-refractivity contribution < 1.29 is 14.3 Å². The lowest BCUT2D eigenvalue weighted by atomic mass is 10.0. The maximum Gasteiger partial charge on any atom is 0.407 e. The Morgan fingerprint density at radius 2 is 2.15 bits per heavy atom. The van der Waals surface area contributed by atoms with Crippen LogP contribution >= 0.6 is 27.3 Å². The van der Waals surface area contributed by atoms with E-state index < -0.39 is 11.7 Å². The summed E-state index contributed by atoms with van der Waals surface area (Å²) in [4.78, 5) is 39.1. The Morgan fingerprint density at radius 1 is 1.36 bits per heavy atom. The zero-order valence-corrected chi connectivity index (χ0v) is 21.4. The molecule has 1 fully saturated rings. The molecule has 3 aromatic heterocycles. The van der Waals surface area contributed by atoms with E-state index in [0.29, 0.717) is 23.6 Å². The number of hydrogen-bond donors (Lipinski definition) is 3. The fourth-order valence-electron chi connectivity index (χ4n) is 3.89. The molecule has 11 heteroatoms. The van der Waals surface area contributed by atoms with E-state index in [1.807, 2.05) is 27.7 Å². The number of ether oxygens (including phenoxy) is 1. The van der Waals surface area contributed by atoms with E-state index in [9.17, 15) is 9.59 Å². The number of carbonyl (C=O) groups is 2. The number of halogens is 1. The molecule has 0 bridgehead atoms. The number of pyridine rings is 1. The van der Waals surface area contributed by atoms with Crippen LogP contribution in [-0.2, 0) is 4.74 Å². The average molecular weight is 535 g/mol. The zero-order chi connectivity index (χ0) is 23.8. The van der Waals surface area contributed by atoms with E-state index in [1.165, 1.54) is 11.3 Å². The molecule has 9 nitrogen and oxygen atoms in total. The van der Waals surface area contributed by atoms with Gasteiger partial charge >= 0.3 is 6.09 Å². The summed E-state index contributed by atoms with van der Waals surface area (Å²) in [6.45, 7) is 8.83. The maximum atomic E-state index is 12.7. The fourth-order valence-corrected chi connectivity index (χ4v) is 5.03. The molecule has 1 atom stereocenters. The standard InChI is InChI=1S/C22H27BrN6O3S/c1-12-26-16(11-33-12)20(30)28-15-9-25-19-17(15)18(14(23)8-24-19)29-7-5-6-13(10-29)27-21(31)32-22(2,3)4/h8-9,11,13H,5-7,10H2,1-4H3,(H,24,25)(H,27,31)(H,28,30)/t13-/m1/s1. The topological polar surface area (TPSA) is 112 Å². The van der Waals surface area contributed by atoms with E-state index in [-0.39, 0.29) is 11.9 Å². The maximum absolute atomic E-state index is 12.7. The van der Waals surface area contributed by atoms with Crippen LogP contribution < -0.4 is 15.5 Å². The Bertz CT molecular complexity index is 1180. The van der Waals surface area contributed by atoms with Gasteiger partial charge in [0.25, 0.3) is 5.91 Å². The lowest BCUT2D eigenvalue weighted by molar-refractivity contribution is 0.0500. The molecule has 2 amide bonds. The molecular weight excluding hydrogens is 508 g/mol. The number of nitrogens with one attached hydrogen (secondary N) is 3. The summed E-state index contributed by atoms with van der Waals surface area (Å²) >= 11 is 5.08. The van der Waals surface area contributed by atoms with Gasteiger partial charge in [0.2, 0.25) is 0 Å². The SMILES string of the molecule is Cc1nc(C(=O)Nc2c[nH]c3ncc(Br)c(N4CCC[C@@H](NC(=O)OC(C)(C)C)C4)c23)cs1. The third-order valence-electron chi connectivity index (χ3n) is 5.19. The number of thiazole rings is 1. The lowest BCUT2D eigenvalue weighted by Crippen LogP contribution is -2.49. The van der Waals surface area contributed by atoms with Crippen molar-refractivity contribution in [3.05, 3.63) is 32.9 Å². The number of carbonyl (C=O) groups excluding carboxylic acids is 2. The molecule has 176 valence electrons. The number of anilines is 2. The quantitative estimate of drug-likeness (QED) is 0.441. The van der Waals surface area contributed by atoms with E-state index in [4.69, 9.17) is 4.74 Å². The van der Waals surface area contributed by atoms with Crippen LogP contribution in [-0.4, -0.2) is 51.7 Å². The minimum Gasteiger partial charge on any atom is -0.444 e. The third-order valence-corrected chi connectivity index (χ3v) is 6.54. The molecule has 1 aliphatic rings. The number of rotatable bonds is 4. The van der Waals surface area contributed by atoms with E-state index >= 15 is 0 Å². The first-order chi connectivity index (χ1) is 15.6. The van der Waals surface area contributed by atoms with Gasteiger partial charge in [0.05, 0.1) is 26.2 Å². The molecule has 1 saturated heterocycles. The largest absolute Gasteiger partial charge is 0.444 e. The second-order valence-corrected chi connectivity index (χ2v) is 10.9. The number of aromatic amines is 1. The van der Waals surface area contributed by atoms with Crippen molar-refractivity contribution in [1.29, 1.82) is 0 Å². The normalized spacial score (nSPS) is 16.6. The number of nitrogens with zero attached hydrogens (tertiary/aromatic N) is 3. The molecule has 3 N–H and O–H groups in total. The van der Waals surface area contributed by atoms with Crippen LogP contribution in [0.5, 0.6) is 0 Å². The molecule has 3 aromatic rings. The molecule has 0 radical (unpaired) electrons. The van der Waals surface area contributed by atoms with E-state index in [2.05, 4.69) is 46.4 Å². The first kappa shape index (κ1) is 23.5. The molecular formula is C22H27BrN6O3S. The Hall–Kier alpha value is -2.66. The number of aryl methyl sites for hydroxylation is 1. The highest BCUT2D eigenvalue weighted by Crippen LogP contribution is 2.39. The number of piperidine rings is 1. The monoisotopic (exact) mass is 534 g/mol. The van der Waals surface area contributed by atoms with Crippen molar-refractivity contribution in [1.82, 2.24) is 20.3 Å². The smallest absolute Gasteiger partial charge is 0.407 e. The highest BCUT2D eigenvalue weighted by molar-refractivity contribution is 9.10. The van der Waals surface area contributed by atoms with Crippen molar-refractivity contribution >= 4 is 61.7 Å². The third kappa shape index (κ3) is 5.47. The van der Waals surface area contributed by atoms with Crippen molar-refractivity contribution in [3.8, 4) is 0 Å². The molecule has 0 saturated carbocycles. The Morgan fingerprint density at radius 3 is 2.85 bits per heavy atom. The predicted molar refractivity (Wildman–Crippen MR) is 133 cm³/mol. The predicted octanol–water partition coefficient (Wildman–Crippen LogP) is 4.84. The van der Waals surface area contributed by atoms with Gasteiger partial charge in [0.1, 0.15) is 16.9 Å². The molecule has 0 spiro atoms.